The monoisotopic (exact) mass is 339 g/mol. The van der Waals surface area contributed by atoms with E-state index in [4.69, 9.17) is 10.5 Å². The van der Waals surface area contributed by atoms with Crippen molar-refractivity contribution in [3.8, 4) is 16.9 Å². The lowest BCUT2D eigenvalue weighted by Crippen LogP contribution is -2.00. The molecule has 0 spiro atoms. The van der Waals surface area contributed by atoms with Crippen molar-refractivity contribution in [1.82, 2.24) is 0 Å². The van der Waals surface area contributed by atoms with Crippen LogP contribution in [0.2, 0.25) is 0 Å². The lowest BCUT2D eigenvalue weighted by atomic mass is 10.0. The van der Waals surface area contributed by atoms with E-state index in [1.807, 2.05) is 12.1 Å². The van der Waals surface area contributed by atoms with E-state index < -0.39 is 0 Å². The van der Waals surface area contributed by atoms with Crippen LogP contribution in [0.25, 0.3) is 11.1 Å². The summed E-state index contributed by atoms with van der Waals surface area (Å²) in [6, 6.07) is 15.0. The van der Waals surface area contributed by atoms with Crippen LogP contribution < -0.4 is 10.5 Å². The van der Waals surface area contributed by atoms with E-state index in [-0.39, 0.29) is 0 Å². The first-order valence-corrected chi connectivity index (χ1v) is 9.86. The molecule has 0 fully saturated rings. The van der Waals surface area contributed by atoms with E-state index in [0.29, 0.717) is 0 Å². The second kappa shape index (κ2) is 10.8. The molecule has 136 valence electrons. The molecule has 0 saturated carbocycles. The Morgan fingerprint density at radius 1 is 0.760 bits per heavy atom. The third-order valence-corrected chi connectivity index (χ3v) is 4.62. The van der Waals surface area contributed by atoms with Crippen LogP contribution in [0, 0.1) is 0 Å². The van der Waals surface area contributed by atoms with Crippen LogP contribution in [-0.2, 0) is 6.42 Å². The van der Waals surface area contributed by atoms with Crippen LogP contribution in [0.4, 0.5) is 5.69 Å². The second-order valence-corrected chi connectivity index (χ2v) is 6.82. The first-order chi connectivity index (χ1) is 12.2. The van der Waals surface area contributed by atoms with Crippen molar-refractivity contribution in [2.45, 2.75) is 65.2 Å². The highest BCUT2D eigenvalue weighted by Crippen LogP contribution is 2.29. The highest BCUT2D eigenvalue weighted by Gasteiger charge is 2.04. The zero-order valence-electron chi connectivity index (χ0n) is 15.9. The summed E-state index contributed by atoms with van der Waals surface area (Å²) in [5, 5.41) is 0. The molecule has 0 amide bonds. The van der Waals surface area contributed by atoms with Gasteiger partial charge in [-0.3, -0.25) is 0 Å². The van der Waals surface area contributed by atoms with E-state index in [2.05, 4.69) is 44.2 Å². The lowest BCUT2D eigenvalue weighted by Gasteiger charge is -2.11. The quantitative estimate of drug-likeness (QED) is 0.368. The van der Waals surface area contributed by atoms with Gasteiger partial charge in [0.2, 0.25) is 0 Å². The maximum absolute atomic E-state index is 6.19. The Balaban J connectivity index is 1.92. The molecule has 0 unspecified atom stereocenters. The van der Waals surface area contributed by atoms with Crippen molar-refractivity contribution in [2.24, 2.45) is 0 Å². The molecule has 2 rings (SSSR count). The zero-order chi connectivity index (χ0) is 17.9. The van der Waals surface area contributed by atoms with Crippen molar-refractivity contribution in [3.63, 3.8) is 0 Å². The molecule has 2 nitrogen and oxygen atoms in total. The molecular weight excluding hydrogens is 306 g/mol. The summed E-state index contributed by atoms with van der Waals surface area (Å²) in [6.45, 7) is 5.21. The fourth-order valence-electron chi connectivity index (χ4n) is 3.01. The Morgan fingerprint density at radius 3 is 2.12 bits per heavy atom. The standard InChI is InChI=1S/C23H33NO/c1-3-5-7-9-17-25-23-16-15-21(18-22(23)24)20-13-11-19(12-14-20)10-8-6-4-2/h11-16,18H,3-10,17,24H2,1-2H3. The predicted octanol–water partition coefficient (Wildman–Crippen LogP) is 6.63. The average molecular weight is 340 g/mol. The van der Waals surface area contributed by atoms with E-state index in [0.717, 1.165) is 30.0 Å². The molecule has 0 aliphatic rings. The van der Waals surface area contributed by atoms with Crippen LogP contribution in [0.15, 0.2) is 42.5 Å². The van der Waals surface area contributed by atoms with Gasteiger partial charge < -0.3 is 10.5 Å². The maximum atomic E-state index is 6.19. The molecule has 0 saturated heterocycles. The van der Waals surface area contributed by atoms with Gasteiger partial charge in [0.15, 0.2) is 0 Å². The first kappa shape index (κ1) is 19.4. The number of hydrogen-bond acceptors (Lipinski definition) is 2. The van der Waals surface area contributed by atoms with Crippen molar-refractivity contribution < 1.29 is 4.74 Å². The minimum Gasteiger partial charge on any atom is -0.491 e. The smallest absolute Gasteiger partial charge is 0.142 e. The highest BCUT2D eigenvalue weighted by molar-refractivity contribution is 5.70. The molecule has 25 heavy (non-hydrogen) atoms. The van der Waals surface area contributed by atoms with E-state index in [1.165, 1.54) is 56.1 Å². The van der Waals surface area contributed by atoms with Gasteiger partial charge in [-0.15, -0.1) is 0 Å². The van der Waals surface area contributed by atoms with Gasteiger partial charge in [0.25, 0.3) is 0 Å². The molecule has 0 radical (unpaired) electrons. The first-order valence-electron chi connectivity index (χ1n) is 9.86. The summed E-state index contributed by atoms with van der Waals surface area (Å²) >= 11 is 0. The minimum atomic E-state index is 0.722. The molecule has 0 aliphatic heterocycles. The van der Waals surface area contributed by atoms with Gasteiger partial charge in [-0.1, -0.05) is 76.3 Å². The van der Waals surface area contributed by atoms with Crippen LogP contribution in [0.3, 0.4) is 0 Å². The van der Waals surface area contributed by atoms with Crippen molar-refractivity contribution in [2.75, 3.05) is 12.3 Å². The van der Waals surface area contributed by atoms with E-state index in [1.54, 1.807) is 0 Å². The van der Waals surface area contributed by atoms with Gasteiger partial charge in [0.1, 0.15) is 5.75 Å². The Labute approximate surface area is 153 Å². The molecular formula is C23H33NO. The third-order valence-electron chi connectivity index (χ3n) is 4.62. The zero-order valence-corrected chi connectivity index (χ0v) is 15.9. The molecule has 2 aromatic rings. The summed E-state index contributed by atoms with van der Waals surface area (Å²) in [5.41, 5.74) is 10.7. The van der Waals surface area contributed by atoms with E-state index in [9.17, 15) is 0 Å². The summed E-state index contributed by atoms with van der Waals surface area (Å²) in [6.07, 6.45) is 9.84. The molecule has 2 heteroatoms. The van der Waals surface area contributed by atoms with Crippen LogP contribution in [0.1, 0.15) is 64.4 Å². The lowest BCUT2D eigenvalue weighted by molar-refractivity contribution is 0.306. The Bertz CT molecular complexity index is 618. The number of benzene rings is 2. The summed E-state index contributed by atoms with van der Waals surface area (Å²) < 4.78 is 5.82. The second-order valence-electron chi connectivity index (χ2n) is 6.82. The van der Waals surface area contributed by atoms with Crippen LogP contribution in [0.5, 0.6) is 5.75 Å². The molecule has 0 aliphatic carbocycles. The molecule has 0 bridgehead atoms. The molecule has 2 N–H and O–H groups in total. The van der Waals surface area contributed by atoms with Gasteiger partial charge in [-0.25, -0.2) is 0 Å². The fourth-order valence-corrected chi connectivity index (χ4v) is 3.01. The number of nitrogen functional groups attached to an aromatic ring is 1. The fraction of sp³-hybridized carbons (Fsp3) is 0.478. The Morgan fingerprint density at radius 2 is 1.44 bits per heavy atom. The van der Waals surface area contributed by atoms with Gasteiger partial charge in [-0.2, -0.15) is 0 Å². The van der Waals surface area contributed by atoms with Crippen molar-refractivity contribution >= 4 is 5.69 Å². The molecule has 2 aromatic carbocycles. The summed E-state index contributed by atoms with van der Waals surface area (Å²) in [7, 11) is 0. The normalized spacial score (nSPS) is 10.8. The third kappa shape index (κ3) is 6.45. The van der Waals surface area contributed by atoms with E-state index >= 15 is 0 Å². The number of rotatable bonds is 11. The largest absolute Gasteiger partial charge is 0.491 e. The van der Waals surface area contributed by atoms with Gasteiger partial charge >= 0.3 is 0 Å². The topological polar surface area (TPSA) is 35.2 Å². The van der Waals surface area contributed by atoms with Gasteiger partial charge in [-0.05, 0) is 48.1 Å². The Kier molecular flexibility index (Phi) is 8.38. The average Bonchev–Trinajstić information content (AvgIpc) is 2.63. The number of aryl methyl sites for hydroxylation is 1. The number of unbranched alkanes of at least 4 members (excludes halogenated alkanes) is 5. The number of nitrogens with two attached hydrogens (primary N) is 1. The van der Waals surface area contributed by atoms with Crippen molar-refractivity contribution in [3.05, 3.63) is 48.0 Å². The van der Waals surface area contributed by atoms with Crippen LogP contribution in [-0.4, -0.2) is 6.61 Å². The van der Waals surface area contributed by atoms with Gasteiger partial charge in [0.05, 0.1) is 12.3 Å². The molecule has 0 aromatic heterocycles. The number of ether oxygens (including phenoxy) is 1. The minimum absolute atomic E-state index is 0.722. The molecule has 0 atom stereocenters. The summed E-state index contributed by atoms with van der Waals surface area (Å²) in [4.78, 5) is 0. The predicted molar refractivity (Wildman–Crippen MR) is 109 cm³/mol. The van der Waals surface area contributed by atoms with Crippen molar-refractivity contribution in [1.29, 1.82) is 0 Å². The SMILES string of the molecule is CCCCCCOc1ccc(-c2ccc(CCCCC)cc2)cc1N. The Hall–Kier alpha value is -1.96. The number of anilines is 1. The number of hydrogen-bond donors (Lipinski definition) is 1. The van der Waals surface area contributed by atoms with Gasteiger partial charge in [0, 0.05) is 0 Å². The maximum Gasteiger partial charge on any atom is 0.142 e. The summed E-state index contributed by atoms with van der Waals surface area (Å²) in [5.74, 6) is 0.802. The van der Waals surface area contributed by atoms with Crippen LogP contribution >= 0.6 is 0 Å². The highest BCUT2D eigenvalue weighted by atomic mass is 16.5. The molecule has 0 heterocycles.